The number of hydrogen-bond acceptors (Lipinski definition) is 7. The summed E-state index contributed by atoms with van der Waals surface area (Å²) in [6, 6.07) is 12.6. The minimum Gasteiger partial charge on any atom is -0.453 e. The van der Waals surface area contributed by atoms with Gasteiger partial charge in [0.05, 0.1) is 25.9 Å². The Bertz CT molecular complexity index is 1520. The second-order valence-electron chi connectivity index (χ2n) is 11.1. The fourth-order valence-corrected chi connectivity index (χ4v) is 5.21. The van der Waals surface area contributed by atoms with Crippen LogP contribution in [0.15, 0.2) is 66.7 Å². The van der Waals surface area contributed by atoms with Crippen LogP contribution in [-0.2, 0) is 25.4 Å². The third kappa shape index (κ3) is 11.1. The first-order chi connectivity index (χ1) is 23.3. The van der Waals surface area contributed by atoms with E-state index in [4.69, 9.17) is 14.2 Å². The van der Waals surface area contributed by atoms with Crippen LogP contribution in [0.3, 0.4) is 0 Å². The van der Waals surface area contributed by atoms with Crippen molar-refractivity contribution in [3.05, 3.63) is 101 Å². The maximum absolute atomic E-state index is 15.2. The molecule has 0 aromatic heterocycles. The largest absolute Gasteiger partial charge is 0.453 e. The predicted molar refractivity (Wildman–Crippen MR) is 164 cm³/mol. The van der Waals surface area contributed by atoms with Gasteiger partial charge in [0.15, 0.2) is 0 Å². The summed E-state index contributed by atoms with van der Waals surface area (Å²) in [5.41, 5.74) is 1.08. The number of hydrogen-bond donors (Lipinski definition) is 4. The van der Waals surface area contributed by atoms with Gasteiger partial charge in [0.25, 0.3) is 0 Å². The lowest BCUT2D eigenvalue weighted by atomic mass is 9.84. The van der Waals surface area contributed by atoms with Crippen LogP contribution < -0.4 is 21.3 Å². The summed E-state index contributed by atoms with van der Waals surface area (Å²) in [5, 5.41) is 9.86. The average Bonchev–Trinajstić information content (AvgIpc) is 3.07. The van der Waals surface area contributed by atoms with Gasteiger partial charge in [-0.1, -0.05) is 30.3 Å². The highest BCUT2D eigenvalue weighted by Gasteiger charge is 2.34. The average molecular weight is 697 g/mol. The summed E-state index contributed by atoms with van der Waals surface area (Å²) in [7, 11) is 1.10. The summed E-state index contributed by atoms with van der Waals surface area (Å²) in [4.78, 5) is 37.8. The zero-order valence-corrected chi connectivity index (χ0v) is 26.1. The first-order valence-corrected chi connectivity index (χ1v) is 15.1. The highest BCUT2D eigenvalue weighted by molar-refractivity contribution is 5.98. The van der Waals surface area contributed by atoms with Crippen molar-refractivity contribution in [2.75, 3.05) is 38.7 Å². The van der Waals surface area contributed by atoms with Crippen LogP contribution in [0, 0.1) is 17.5 Å². The number of morpholine rings is 1. The van der Waals surface area contributed by atoms with E-state index in [9.17, 15) is 36.3 Å². The van der Waals surface area contributed by atoms with Crippen molar-refractivity contribution in [3.8, 4) is 0 Å². The van der Waals surface area contributed by atoms with Crippen molar-refractivity contribution in [2.45, 2.75) is 43.1 Å². The standard InChI is InChI=1S/C33H34F6N4O6/c1-47-32(46)43-29(28(19-5-9-21(34)10-6-19)20-7-11-22(35)12-8-20)30(44)42-27-4-2-3-26(36)25(27)14-13-24-15-40-23(16-48-24)17-49-31(45)41-18-33(37,38)39/h2-12,23-24,28-29,40H,13-18H2,1H3,(H,41,45)(H,42,44)(H,43,46)/t23-,24+,29-/m0/s1. The summed E-state index contributed by atoms with van der Waals surface area (Å²) >= 11 is 0. The molecule has 0 radical (unpaired) electrons. The Hall–Kier alpha value is -4.83. The molecule has 3 amide bonds. The number of halogens is 6. The summed E-state index contributed by atoms with van der Waals surface area (Å²) in [6.45, 7) is -1.44. The van der Waals surface area contributed by atoms with Gasteiger partial charge in [0.2, 0.25) is 5.91 Å². The molecule has 0 spiro atoms. The van der Waals surface area contributed by atoms with Gasteiger partial charge in [0.1, 0.15) is 36.6 Å². The van der Waals surface area contributed by atoms with E-state index >= 15 is 4.39 Å². The Morgan fingerprint density at radius 1 is 0.939 bits per heavy atom. The van der Waals surface area contributed by atoms with Crippen LogP contribution >= 0.6 is 0 Å². The van der Waals surface area contributed by atoms with Crippen LogP contribution in [0.5, 0.6) is 0 Å². The van der Waals surface area contributed by atoms with Crippen LogP contribution in [0.4, 0.5) is 41.6 Å². The van der Waals surface area contributed by atoms with E-state index in [1.807, 2.05) is 0 Å². The van der Waals surface area contributed by atoms with Gasteiger partial charge in [-0.25, -0.2) is 22.8 Å². The lowest BCUT2D eigenvalue weighted by Gasteiger charge is -2.30. The molecule has 0 bridgehead atoms. The smallest absolute Gasteiger partial charge is 0.407 e. The number of rotatable bonds is 12. The number of anilines is 1. The summed E-state index contributed by atoms with van der Waals surface area (Å²) in [6.07, 6.45) is -6.79. The molecule has 1 aliphatic heterocycles. The molecule has 4 N–H and O–H groups in total. The normalized spacial score (nSPS) is 16.8. The molecule has 3 aromatic rings. The molecule has 1 saturated heterocycles. The maximum Gasteiger partial charge on any atom is 0.407 e. The highest BCUT2D eigenvalue weighted by Crippen LogP contribution is 2.31. The van der Waals surface area contributed by atoms with E-state index in [1.165, 1.54) is 66.7 Å². The van der Waals surface area contributed by atoms with Crippen molar-refractivity contribution in [3.63, 3.8) is 0 Å². The van der Waals surface area contributed by atoms with E-state index in [2.05, 4.69) is 16.0 Å². The van der Waals surface area contributed by atoms with E-state index in [0.717, 1.165) is 7.11 Å². The number of methoxy groups -OCH3 is 1. The number of ether oxygens (including phenoxy) is 3. The van der Waals surface area contributed by atoms with E-state index < -0.39 is 72.4 Å². The van der Waals surface area contributed by atoms with Gasteiger partial charge in [-0.2, -0.15) is 13.2 Å². The van der Waals surface area contributed by atoms with E-state index in [1.54, 1.807) is 5.32 Å². The monoisotopic (exact) mass is 696 g/mol. The quantitative estimate of drug-likeness (QED) is 0.193. The van der Waals surface area contributed by atoms with Gasteiger partial charge < -0.3 is 35.5 Å². The molecule has 16 heteroatoms. The van der Waals surface area contributed by atoms with Crippen molar-refractivity contribution < 1.29 is 54.9 Å². The third-order valence-electron chi connectivity index (χ3n) is 7.64. The molecule has 0 aliphatic carbocycles. The third-order valence-corrected chi connectivity index (χ3v) is 7.64. The van der Waals surface area contributed by atoms with Crippen LogP contribution in [-0.4, -0.2) is 75.9 Å². The van der Waals surface area contributed by atoms with Gasteiger partial charge in [-0.15, -0.1) is 0 Å². The SMILES string of the molecule is COC(=O)N[C@H](C(=O)Nc1cccc(F)c1CC[C@@H]1CN[C@H](COC(=O)NCC(F)(F)F)CO1)C(c1ccc(F)cc1)c1ccc(F)cc1. The van der Waals surface area contributed by atoms with Crippen molar-refractivity contribution in [2.24, 2.45) is 0 Å². The molecule has 1 fully saturated rings. The minimum absolute atomic E-state index is 0.0626. The lowest BCUT2D eigenvalue weighted by Crippen LogP contribution is -2.49. The van der Waals surface area contributed by atoms with Crippen molar-refractivity contribution in [1.29, 1.82) is 0 Å². The maximum atomic E-state index is 15.2. The Morgan fingerprint density at radius 2 is 1.57 bits per heavy atom. The number of carbonyl (C=O) groups excluding carboxylic acids is 3. The number of amides is 3. The van der Waals surface area contributed by atoms with Gasteiger partial charge in [0, 0.05) is 23.7 Å². The molecule has 264 valence electrons. The molecular formula is C33H34F6N4O6. The topological polar surface area (TPSA) is 127 Å². The summed E-state index contributed by atoms with van der Waals surface area (Å²) < 4.78 is 94.9. The first-order valence-electron chi connectivity index (χ1n) is 15.1. The van der Waals surface area contributed by atoms with Crippen molar-refractivity contribution >= 4 is 23.8 Å². The molecule has 1 aliphatic rings. The molecule has 0 saturated carbocycles. The van der Waals surface area contributed by atoms with Gasteiger partial charge in [-0.3, -0.25) is 4.79 Å². The van der Waals surface area contributed by atoms with Gasteiger partial charge in [-0.05, 0) is 60.4 Å². The van der Waals surface area contributed by atoms with Crippen LogP contribution in [0.1, 0.15) is 29.0 Å². The molecule has 1 heterocycles. The van der Waals surface area contributed by atoms with E-state index in [-0.39, 0.29) is 43.9 Å². The Balaban J connectivity index is 1.45. The van der Waals surface area contributed by atoms with Crippen LogP contribution in [0.25, 0.3) is 0 Å². The molecule has 4 rings (SSSR count). The van der Waals surface area contributed by atoms with E-state index in [0.29, 0.717) is 11.1 Å². The second-order valence-corrected chi connectivity index (χ2v) is 11.1. The Morgan fingerprint density at radius 3 is 2.12 bits per heavy atom. The molecule has 49 heavy (non-hydrogen) atoms. The molecule has 10 nitrogen and oxygen atoms in total. The molecule has 3 atom stereocenters. The second kappa shape index (κ2) is 17.0. The minimum atomic E-state index is -4.57. The number of alkyl halides is 3. The first kappa shape index (κ1) is 37.0. The zero-order chi connectivity index (χ0) is 35.6. The lowest BCUT2D eigenvalue weighted by molar-refractivity contribution is -0.124. The summed E-state index contributed by atoms with van der Waals surface area (Å²) in [5.74, 6) is -3.42. The molecule has 3 aromatic carbocycles. The van der Waals surface area contributed by atoms with Gasteiger partial charge >= 0.3 is 18.4 Å². The number of alkyl carbamates (subject to hydrolysis) is 2. The number of carbonyl (C=O) groups is 3. The fourth-order valence-electron chi connectivity index (χ4n) is 5.21. The van der Waals surface area contributed by atoms with Crippen molar-refractivity contribution in [1.82, 2.24) is 16.0 Å². The fraction of sp³-hybridized carbons (Fsp3) is 0.364. The Kier molecular flexibility index (Phi) is 12.8. The highest BCUT2D eigenvalue weighted by atomic mass is 19.4. The molecule has 0 unspecified atom stereocenters. The molecular weight excluding hydrogens is 662 g/mol. The van der Waals surface area contributed by atoms with Crippen LogP contribution in [0.2, 0.25) is 0 Å². The zero-order valence-electron chi connectivity index (χ0n) is 26.1. The predicted octanol–water partition coefficient (Wildman–Crippen LogP) is 5.18. The number of benzene rings is 3. The number of nitrogens with one attached hydrogen (secondary N) is 4. The Labute approximate surface area is 277 Å².